The molecule has 0 saturated heterocycles. The first-order chi connectivity index (χ1) is 10.1. The fourth-order valence-corrected chi connectivity index (χ4v) is 2.64. The largest absolute Gasteiger partial charge is 0.587 e. The highest BCUT2D eigenvalue weighted by Gasteiger charge is 2.32. The summed E-state index contributed by atoms with van der Waals surface area (Å²) in [5.41, 5.74) is 0. The van der Waals surface area contributed by atoms with Crippen LogP contribution in [0.25, 0.3) is 0 Å². The lowest BCUT2D eigenvalue weighted by atomic mass is 10.3. The Labute approximate surface area is 120 Å². The van der Waals surface area contributed by atoms with E-state index in [1.165, 1.54) is 24.3 Å². The maximum atomic E-state index is 12.5. The van der Waals surface area contributed by atoms with E-state index in [0.717, 1.165) is 0 Å². The molecule has 0 heterocycles. The van der Waals surface area contributed by atoms with Gasteiger partial charge in [0.25, 0.3) is 6.43 Å². The van der Waals surface area contributed by atoms with Crippen molar-refractivity contribution in [3.05, 3.63) is 60.7 Å². The molecule has 0 aliphatic carbocycles. The smallest absolute Gasteiger partial charge is 0.395 e. The number of benzene rings is 2. The van der Waals surface area contributed by atoms with E-state index in [0.29, 0.717) is 0 Å². The third-order valence-corrected chi connectivity index (χ3v) is 3.61. The Kier molecular flexibility index (Phi) is 5.31. The summed E-state index contributed by atoms with van der Waals surface area (Å²) >= 11 is 0. The molecule has 4 nitrogen and oxygen atoms in total. The van der Waals surface area contributed by atoms with Crippen LogP contribution < -0.4 is 9.05 Å². The van der Waals surface area contributed by atoms with Gasteiger partial charge in [-0.05, 0) is 24.3 Å². The van der Waals surface area contributed by atoms with Crippen molar-refractivity contribution in [1.82, 2.24) is 0 Å². The maximum absolute atomic E-state index is 12.5. The van der Waals surface area contributed by atoms with Crippen molar-refractivity contribution < 1.29 is 26.9 Å². The summed E-state index contributed by atoms with van der Waals surface area (Å²) in [7, 11) is -4.20. The number of para-hydroxylation sites is 2. The van der Waals surface area contributed by atoms with E-state index in [2.05, 4.69) is 4.52 Å². The molecule has 2 aromatic carbocycles. The molecule has 0 atom stereocenters. The second-order valence-electron chi connectivity index (χ2n) is 3.94. The van der Waals surface area contributed by atoms with Crippen LogP contribution in [0.1, 0.15) is 0 Å². The fraction of sp³-hybridized carbons (Fsp3) is 0.143. The monoisotopic (exact) mass is 314 g/mol. The Morgan fingerprint density at radius 3 is 1.67 bits per heavy atom. The fourth-order valence-electron chi connectivity index (χ4n) is 1.44. The molecular weight excluding hydrogens is 301 g/mol. The molecule has 2 aromatic rings. The van der Waals surface area contributed by atoms with Gasteiger partial charge in [0.15, 0.2) is 0 Å². The van der Waals surface area contributed by atoms with Gasteiger partial charge in [0, 0.05) is 0 Å². The zero-order valence-corrected chi connectivity index (χ0v) is 11.8. The van der Waals surface area contributed by atoms with Crippen LogP contribution in [0.2, 0.25) is 0 Å². The molecule has 0 radical (unpaired) electrons. The molecule has 0 aliphatic heterocycles. The SMILES string of the molecule is O=P(OCC(F)F)(Oc1ccccc1)Oc1ccccc1. The molecule has 0 N–H and O–H groups in total. The predicted octanol–water partition coefficient (Wildman–Crippen LogP) is 4.53. The van der Waals surface area contributed by atoms with Gasteiger partial charge in [0.1, 0.15) is 18.1 Å². The number of halogens is 2. The summed E-state index contributed by atoms with van der Waals surface area (Å²) in [6, 6.07) is 16.1. The number of phosphoric acid groups is 1. The summed E-state index contributed by atoms with van der Waals surface area (Å²) in [6.45, 7) is -1.04. The normalized spacial score (nSPS) is 11.4. The second kappa shape index (κ2) is 7.20. The molecule has 0 saturated carbocycles. The number of hydrogen-bond donors (Lipinski definition) is 0. The van der Waals surface area contributed by atoms with Crippen LogP contribution in [0.4, 0.5) is 8.78 Å². The number of phosphoric ester groups is 1. The van der Waals surface area contributed by atoms with Gasteiger partial charge in [-0.1, -0.05) is 36.4 Å². The molecule has 0 bridgehead atoms. The molecule has 0 spiro atoms. The lowest BCUT2D eigenvalue weighted by molar-refractivity contribution is 0.0663. The van der Waals surface area contributed by atoms with Crippen molar-refractivity contribution in [2.45, 2.75) is 6.43 Å². The van der Waals surface area contributed by atoms with Crippen molar-refractivity contribution in [3.8, 4) is 11.5 Å². The van der Waals surface area contributed by atoms with E-state index >= 15 is 0 Å². The first kappa shape index (κ1) is 15.5. The van der Waals surface area contributed by atoms with E-state index in [1.54, 1.807) is 36.4 Å². The summed E-state index contributed by atoms with van der Waals surface area (Å²) in [5.74, 6) is 0.400. The summed E-state index contributed by atoms with van der Waals surface area (Å²) in [4.78, 5) is 0. The van der Waals surface area contributed by atoms with Gasteiger partial charge in [-0.3, -0.25) is 4.52 Å². The number of alkyl halides is 2. The minimum absolute atomic E-state index is 0.200. The Balaban J connectivity index is 2.15. The summed E-state index contributed by atoms with van der Waals surface area (Å²) < 4.78 is 52.0. The molecule has 21 heavy (non-hydrogen) atoms. The van der Waals surface area contributed by atoms with Crippen LogP contribution >= 0.6 is 7.82 Å². The van der Waals surface area contributed by atoms with E-state index in [9.17, 15) is 13.3 Å². The molecule has 2 rings (SSSR count). The molecule has 7 heteroatoms. The van der Waals surface area contributed by atoms with Crippen LogP contribution in [-0.2, 0) is 9.09 Å². The highest BCUT2D eigenvalue weighted by Crippen LogP contribution is 2.49. The second-order valence-corrected chi connectivity index (χ2v) is 5.46. The molecule has 0 aromatic heterocycles. The van der Waals surface area contributed by atoms with E-state index in [4.69, 9.17) is 9.05 Å². The van der Waals surface area contributed by atoms with E-state index in [1.807, 2.05) is 0 Å². The summed E-state index contributed by atoms with van der Waals surface area (Å²) in [5, 5.41) is 0. The highest BCUT2D eigenvalue weighted by atomic mass is 31.2. The molecule has 0 unspecified atom stereocenters. The Morgan fingerprint density at radius 2 is 1.29 bits per heavy atom. The van der Waals surface area contributed by atoms with Crippen LogP contribution in [0, 0.1) is 0 Å². The summed E-state index contributed by atoms with van der Waals surface area (Å²) in [6.07, 6.45) is -2.78. The average Bonchev–Trinajstić information content (AvgIpc) is 2.47. The van der Waals surface area contributed by atoms with Crippen molar-refractivity contribution in [1.29, 1.82) is 0 Å². The zero-order valence-electron chi connectivity index (χ0n) is 10.9. The van der Waals surface area contributed by atoms with Gasteiger partial charge in [0.05, 0.1) is 0 Å². The Morgan fingerprint density at radius 1 is 0.857 bits per heavy atom. The zero-order chi connectivity index (χ0) is 15.1. The number of rotatable bonds is 7. The quantitative estimate of drug-likeness (QED) is 0.704. The first-order valence-electron chi connectivity index (χ1n) is 6.09. The lowest BCUT2D eigenvalue weighted by Gasteiger charge is -2.18. The molecular formula is C14H13F2O4P. The van der Waals surface area contributed by atoms with Gasteiger partial charge in [-0.25, -0.2) is 13.3 Å². The Hall–Kier alpha value is -1.91. The standard InChI is InChI=1S/C14H13F2O4P/c15-14(16)11-18-21(17,19-12-7-3-1-4-8-12)20-13-9-5-2-6-10-13/h1-10,14H,11H2. The first-order valence-corrected chi connectivity index (χ1v) is 7.55. The maximum Gasteiger partial charge on any atom is 0.587 e. The van der Waals surface area contributed by atoms with Crippen LogP contribution in [0.3, 0.4) is 0 Å². The van der Waals surface area contributed by atoms with Gasteiger partial charge in [0.2, 0.25) is 0 Å². The van der Waals surface area contributed by atoms with Gasteiger partial charge >= 0.3 is 7.82 Å². The Bertz CT molecular complexity index is 547. The third-order valence-electron chi connectivity index (χ3n) is 2.28. The van der Waals surface area contributed by atoms with E-state index < -0.39 is 20.9 Å². The molecule has 0 aliphatic rings. The van der Waals surface area contributed by atoms with Crippen LogP contribution in [-0.4, -0.2) is 13.0 Å². The third kappa shape index (κ3) is 5.17. The molecule has 112 valence electrons. The molecule has 0 amide bonds. The minimum atomic E-state index is -4.20. The minimum Gasteiger partial charge on any atom is -0.395 e. The van der Waals surface area contributed by atoms with Crippen LogP contribution in [0.5, 0.6) is 11.5 Å². The predicted molar refractivity (Wildman–Crippen MR) is 73.7 cm³/mol. The lowest BCUT2D eigenvalue weighted by Crippen LogP contribution is -2.10. The highest BCUT2D eigenvalue weighted by molar-refractivity contribution is 7.49. The average molecular weight is 314 g/mol. The number of hydrogen-bond acceptors (Lipinski definition) is 4. The van der Waals surface area contributed by atoms with Crippen molar-refractivity contribution >= 4 is 7.82 Å². The van der Waals surface area contributed by atoms with Crippen molar-refractivity contribution in [2.24, 2.45) is 0 Å². The van der Waals surface area contributed by atoms with Gasteiger partial charge < -0.3 is 9.05 Å². The molecule has 0 fully saturated rings. The van der Waals surface area contributed by atoms with Crippen molar-refractivity contribution in [2.75, 3.05) is 6.61 Å². The van der Waals surface area contributed by atoms with Crippen LogP contribution in [0.15, 0.2) is 60.7 Å². The van der Waals surface area contributed by atoms with Gasteiger partial charge in [-0.2, -0.15) is 0 Å². The van der Waals surface area contributed by atoms with Crippen molar-refractivity contribution in [3.63, 3.8) is 0 Å². The topological polar surface area (TPSA) is 44.8 Å². The van der Waals surface area contributed by atoms with Gasteiger partial charge in [-0.15, -0.1) is 0 Å². The van der Waals surface area contributed by atoms with E-state index in [-0.39, 0.29) is 11.5 Å².